The number of nitrogens with one attached hydrogen (secondary N) is 1. The van der Waals surface area contributed by atoms with Gasteiger partial charge in [0.25, 0.3) is 0 Å². The highest BCUT2D eigenvalue weighted by Crippen LogP contribution is 2.25. The topological polar surface area (TPSA) is 55.2 Å². The lowest BCUT2D eigenvalue weighted by Gasteiger charge is -2.03. The second-order valence-electron chi connectivity index (χ2n) is 2.63. The summed E-state index contributed by atoms with van der Waals surface area (Å²) in [5.74, 6) is -0.811. The Labute approximate surface area is 74.5 Å². The van der Waals surface area contributed by atoms with Crippen molar-refractivity contribution in [1.82, 2.24) is 0 Å². The van der Waals surface area contributed by atoms with Crippen LogP contribution < -0.4 is 5.32 Å². The smallest absolute Gasteiger partial charge is 0.307 e. The molecule has 0 unspecified atom stereocenters. The molecule has 0 aliphatic heterocycles. The molecule has 0 aromatic heterocycles. The molecule has 0 heterocycles. The first-order chi connectivity index (χ1) is 6.06. The number of anilines is 1. The quantitative estimate of drug-likeness (QED) is 0.565. The normalized spacial score (nSPS) is 9.77. The Bertz CT molecular complexity index is 329. The minimum absolute atomic E-state index is 0.314. The third-order valence-corrected chi connectivity index (χ3v) is 1.73. The van der Waals surface area contributed by atoms with Gasteiger partial charge >= 0.3 is 5.69 Å². The van der Waals surface area contributed by atoms with Crippen LogP contribution >= 0.6 is 0 Å². The summed E-state index contributed by atoms with van der Waals surface area (Å²) >= 11 is 0. The Morgan fingerprint density at radius 2 is 2.15 bits per heavy atom. The highest BCUT2D eigenvalue weighted by Gasteiger charge is 2.17. The summed E-state index contributed by atoms with van der Waals surface area (Å²) in [6, 6.07) is 2.63. The SMILES string of the molecule is CNc1cc(C)c([N+](=O)[O-])c(F)c1. The van der Waals surface area contributed by atoms with Crippen molar-refractivity contribution in [2.24, 2.45) is 0 Å². The average molecular weight is 184 g/mol. The molecule has 0 radical (unpaired) electrons. The Balaban J connectivity index is 3.31. The van der Waals surface area contributed by atoms with Crippen molar-refractivity contribution < 1.29 is 9.31 Å². The molecule has 1 aromatic carbocycles. The van der Waals surface area contributed by atoms with Gasteiger partial charge in [0.1, 0.15) is 0 Å². The molecule has 4 nitrogen and oxygen atoms in total. The number of aryl methyl sites for hydroxylation is 1. The van der Waals surface area contributed by atoms with E-state index in [1.807, 2.05) is 0 Å². The number of halogens is 1. The fraction of sp³-hybridized carbons (Fsp3) is 0.250. The molecular formula is C8H9FN2O2. The van der Waals surface area contributed by atoms with Crippen LogP contribution in [-0.2, 0) is 0 Å². The van der Waals surface area contributed by atoms with Gasteiger partial charge in [-0.2, -0.15) is 4.39 Å². The van der Waals surface area contributed by atoms with E-state index in [0.29, 0.717) is 11.3 Å². The molecule has 1 rings (SSSR count). The highest BCUT2D eigenvalue weighted by molar-refractivity contribution is 5.54. The van der Waals surface area contributed by atoms with Crippen LogP contribution in [0.15, 0.2) is 12.1 Å². The van der Waals surface area contributed by atoms with E-state index in [1.54, 1.807) is 7.05 Å². The van der Waals surface area contributed by atoms with Gasteiger partial charge in [-0.05, 0) is 13.0 Å². The molecule has 0 amide bonds. The molecule has 0 aliphatic rings. The first-order valence-electron chi connectivity index (χ1n) is 3.68. The fourth-order valence-corrected chi connectivity index (χ4v) is 1.11. The lowest BCUT2D eigenvalue weighted by Crippen LogP contribution is -1.98. The molecule has 0 bridgehead atoms. The van der Waals surface area contributed by atoms with Gasteiger partial charge in [0.15, 0.2) is 0 Å². The molecule has 70 valence electrons. The zero-order valence-corrected chi connectivity index (χ0v) is 7.30. The number of nitrogens with zero attached hydrogens (tertiary/aromatic N) is 1. The predicted molar refractivity (Wildman–Crippen MR) is 47.3 cm³/mol. The van der Waals surface area contributed by atoms with Crippen molar-refractivity contribution in [1.29, 1.82) is 0 Å². The third-order valence-electron chi connectivity index (χ3n) is 1.73. The molecule has 1 N–H and O–H groups in total. The van der Waals surface area contributed by atoms with E-state index >= 15 is 0 Å². The lowest BCUT2D eigenvalue weighted by atomic mass is 10.1. The van der Waals surface area contributed by atoms with Gasteiger partial charge in [-0.3, -0.25) is 10.1 Å². The van der Waals surface area contributed by atoms with E-state index in [0.717, 1.165) is 6.07 Å². The van der Waals surface area contributed by atoms with Crippen molar-refractivity contribution in [3.8, 4) is 0 Å². The molecule has 0 saturated heterocycles. The fourth-order valence-electron chi connectivity index (χ4n) is 1.11. The van der Waals surface area contributed by atoms with Gasteiger partial charge < -0.3 is 5.32 Å². The summed E-state index contributed by atoms with van der Waals surface area (Å²) in [5, 5.41) is 13.1. The number of benzene rings is 1. The summed E-state index contributed by atoms with van der Waals surface area (Å²) in [4.78, 5) is 9.67. The van der Waals surface area contributed by atoms with Crippen molar-refractivity contribution in [2.75, 3.05) is 12.4 Å². The summed E-state index contributed by atoms with van der Waals surface area (Å²) < 4.78 is 13.1. The standard InChI is InChI=1S/C8H9FN2O2/c1-5-3-6(10-2)4-7(9)8(5)11(12)13/h3-4,10H,1-2H3. The number of nitro groups is 1. The maximum atomic E-state index is 13.1. The van der Waals surface area contributed by atoms with Crippen molar-refractivity contribution in [2.45, 2.75) is 6.92 Å². The molecule has 5 heteroatoms. The second-order valence-corrected chi connectivity index (χ2v) is 2.63. The number of hydrogen-bond donors (Lipinski definition) is 1. The Kier molecular flexibility index (Phi) is 2.46. The number of hydrogen-bond acceptors (Lipinski definition) is 3. The van der Waals surface area contributed by atoms with Gasteiger partial charge in [-0.15, -0.1) is 0 Å². The predicted octanol–water partition coefficient (Wildman–Crippen LogP) is 2.08. The zero-order chi connectivity index (χ0) is 10.0. The van der Waals surface area contributed by atoms with E-state index in [2.05, 4.69) is 5.32 Å². The van der Waals surface area contributed by atoms with E-state index in [1.165, 1.54) is 13.0 Å². The van der Waals surface area contributed by atoms with Crippen molar-refractivity contribution >= 4 is 11.4 Å². The van der Waals surface area contributed by atoms with Crippen LogP contribution in [0.2, 0.25) is 0 Å². The molecule has 1 aromatic rings. The maximum absolute atomic E-state index is 13.1. The van der Waals surface area contributed by atoms with Crippen LogP contribution in [0.4, 0.5) is 15.8 Å². The molecule has 0 saturated carbocycles. The molecular weight excluding hydrogens is 175 g/mol. The molecule has 0 spiro atoms. The van der Waals surface area contributed by atoms with E-state index in [4.69, 9.17) is 0 Å². The Hall–Kier alpha value is -1.65. The Morgan fingerprint density at radius 1 is 1.54 bits per heavy atom. The van der Waals surface area contributed by atoms with E-state index in [9.17, 15) is 14.5 Å². The van der Waals surface area contributed by atoms with Gasteiger partial charge in [0.2, 0.25) is 5.82 Å². The molecule has 0 fully saturated rings. The van der Waals surface area contributed by atoms with Crippen LogP contribution in [0.3, 0.4) is 0 Å². The van der Waals surface area contributed by atoms with Crippen LogP contribution in [0.5, 0.6) is 0 Å². The highest BCUT2D eigenvalue weighted by atomic mass is 19.1. The van der Waals surface area contributed by atoms with E-state index in [-0.39, 0.29) is 0 Å². The number of rotatable bonds is 2. The zero-order valence-electron chi connectivity index (χ0n) is 7.30. The minimum atomic E-state index is -0.811. The van der Waals surface area contributed by atoms with Gasteiger partial charge in [0, 0.05) is 24.4 Å². The summed E-state index contributed by atoms with van der Waals surface area (Å²) in [5.41, 5.74) is 0.383. The largest absolute Gasteiger partial charge is 0.388 e. The van der Waals surface area contributed by atoms with Gasteiger partial charge in [-0.25, -0.2) is 0 Å². The van der Waals surface area contributed by atoms with Gasteiger partial charge in [-0.1, -0.05) is 0 Å². The van der Waals surface area contributed by atoms with Gasteiger partial charge in [0.05, 0.1) is 4.92 Å². The van der Waals surface area contributed by atoms with Crippen molar-refractivity contribution in [3.05, 3.63) is 33.6 Å². The third kappa shape index (κ3) is 1.74. The summed E-state index contributed by atoms with van der Waals surface area (Å²) in [6.45, 7) is 1.50. The number of nitro benzene ring substituents is 1. The summed E-state index contributed by atoms with van der Waals surface area (Å²) in [6.07, 6.45) is 0. The molecule has 0 atom stereocenters. The van der Waals surface area contributed by atoms with Crippen molar-refractivity contribution in [3.63, 3.8) is 0 Å². The minimum Gasteiger partial charge on any atom is -0.388 e. The monoisotopic (exact) mass is 184 g/mol. The lowest BCUT2D eigenvalue weighted by molar-refractivity contribution is -0.388. The first-order valence-corrected chi connectivity index (χ1v) is 3.68. The van der Waals surface area contributed by atoms with E-state index < -0.39 is 16.4 Å². The van der Waals surface area contributed by atoms with Crippen LogP contribution in [0, 0.1) is 22.9 Å². The average Bonchev–Trinajstić information content (AvgIpc) is 2.02. The Morgan fingerprint density at radius 3 is 2.54 bits per heavy atom. The molecule has 13 heavy (non-hydrogen) atoms. The first kappa shape index (κ1) is 9.44. The second kappa shape index (κ2) is 3.38. The van der Waals surface area contributed by atoms with Crippen LogP contribution in [0.25, 0.3) is 0 Å². The maximum Gasteiger partial charge on any atom is 0.307 e. The van der Waals surface area contributed by atoms with Crippen LogP contribution in [-0.4, -0.2) is 12.0 Å². The van der Waals surface area contributed by atoms with Crippen LogP contribution in [0.1, 0.15) is 5.56 Å². The molecule has 0 aliphatic carbocycles. The summed E-state index contributed by atoms with van der Waals surface area (Å²) in [7, 11) is 1.63.